The minimum absolute atomic E-state index is 0.107. The SMILES string of the molecule is CCCCOC(=O)C[C@H]1C(=O)NCCN1C(=S)NC(=O)c1cccs1. The lowest BCUT2D eigenvalue weighted by Crippen LogP contribution is -2.60. The molecule has 1 aliphatic rings. The highest BCUT2D eigenvalue weighted by Gasteiger charge is 2.34. The number of unbranched alkanes of at least 4 members (excludes halogenated alkanes) is 1. The largest absolute Gasteiger partial charge is 0.466 e. The predicted molar refractivity (Wildman–Crippen MR) is 98.4 cm³/mol. The Morgan fingerprint density at radius 3 is 3.00 bits per heavy atom. The van der Waals surface area contributed by atoms with Crippen LogP contribution in [0.3, 0.4) is 0 Å². The highest BCUT2D eigenvalue weighted by atomic mass is 32.1. The molecule has 25 heavy (non-hydrogen) atoms. The fourth-order valence-corrected chi connectivity index (χ4v) is 3.28. The number of rotatable bonds is 6. The molecule has 1 aromatic rings. The highest BCUT2D eigenvalue weighted by molar-refractivity contribution is 7.80. The third kappa shape index (κ3) is 5.50. The summed E-state index contributed by atoms with van der Waals surface area (Å²) < 4.78 is 5.13. The second kappa shape index (κ2) is 9.47. The number of nitrogens with one attached hydrogen (secondary N) is 2. The second-order valence-corrected chi connectivity index (χ2v) is 6.85. The molecule has 0 unspecified atom stereocenters. The summed E-state index contributed by atoms with van der Waals surface area (Å²) in [5.41, 5.74) is 0. The van der Waals surface area contributed by atoms with Gasteiger partial charge in [-0.1, -0.05) is 19.4 Å². The minimum Gasteiger partial charge on any atom is -0.466 e. The molecule has 1 saturated heterocycles. The molecule has 1 fully saturated rings. The zero-order chi connectivity index (χ0) is 18.2. The quantitative estimate of drug-likeness (QED) is 0.437. The average Bonchev–Trinajstić information content (AvgIpc) is 3.11. The van der Waals surface area contributed by atoms with Gasteiger partial charge in [-0.3, -0.25) is 19.7 Å². The second-order valence-electron chi connectivity index (χ2n) is 5.51. The van der Waals surface area contributed by atoms with Gasteiger partial charge in [-0.05, 0) is 30.1 Å². The summed E-state index contributed by atoms with van der Waals surface area (Å²) in [4.78, 5) is 38.3. The molecule has 0 bridgehead atoms. The molecule has 7 nitrogen and oxygen atoms in total. The summed E-state index contributed by atoms with van der Waals surface area (Å²) >= 11 is 6.58. The van der Waals surface area contributed by atoms with Gasteiger partial charge in [0.1, 0.15) is 6.04 Å². The van der Waals surface area contributed by atoms with Crippen molar-refractivity contribution in [3.8, 4) is 0 Å². The summed E-state index contributed by atoms with van der Waals surface area (Å²) in [6, 6.07) is 2.68. The molecular formula is C16H21N3O4S2. The lowest BCUT2D eigenvalue weighted by molar-refractivity contribution is -0.147. The van der Waals surface area contributed by atoms with Crippen molar-refractivity contribution in [3.63, 3.8) is 0 Å². The van der Waals surface area contributed by atoms with Gasteiger partial charge in [-0.15, -0.1) is 11.3 Å². The van der Waals surface area contributed by atoms with Crippen molar-refractivity contribution < 1.29 is 19.1 Å². The maximum Gasteiger partial charge on any atom is 0.308 e. The molecule has 1 aliphatic heterocycles. The van der Waals surface area contributed by atoms with Gasteiger partial charge < -0.3 is 15.0 Å². The van der Waals surface area contributed by atoms with E-state index in [-0.39, 0.29) is 23.3 Å². The number of ether oxygens (including phenoxy) is 1. The third-order valence-electron chi connectivity index (χ3n) is 3.68. The van der Waals surface area contributed by atoms with E-state index < -0.39 is 12.0 Å². The van der Waals surface area contributed by atoms with E-state index in [1.165, 1.54) is 11.3 Å². The fourth-order valence-electron chi connectivity index (χ4n) is 2.35. The van der Waals surface area contributed by atoms with Gasteiger partial charge in [0.15, 0.2) is 5.11 Å². The summed E-state index contributed by atoms with van der Waals surface area (Å²) in [5.74, 6) is -1.07. The molecule has 0 radical (unpaired) electrons. The number of hydrogen-bond donors (Lipinski definition) is 2. The normalized spacial score (nSPS) is 16.9. The molecule has 0 spiro atoms. The van der Waals surface area contributed by atoms with E-state index in [2.05, 4.69) is 10.6 Å². The van der Waals surface area contributed by atoms with Crippen LogP contribution in [0.1, 0.15) is 35.9 Å². The van der Waals surface area contributed by atoms with Crippen molar-refractivity contribution in [2.45, 2.75) is 32.2 Å². The molecule has 136 valence electrons. The zero-order valence-corrected chi connectivity index (χ0v) is 15.6. The Kier molecular flexibility index (Phi) is 7.32. The molecule has 2 heterocycles. The van der Waals surface area contributed by atoms with Crippen LogP contribution in [0, 0.1) is 0 Å². The molecule has 2 N–H and O–H groups in total. The molecule has 2 amide bonds. The van der Waals surface area contributed by atoms with E-state index in [4.69, 9.17) is 17.0 Å². The minimum atomic E-state index is -0.779. The van der Waals surface area contributed by atoms with Crippen LogP contribution in [0.5, 0.6) is 0 Å². The number of thiocarbonyl (C=S) groups is 1. The first-order valence-corrected chi connectivity index (χ1v) is 9.40. The number of nitrogens with zero attached hydrogens (tertiary/aromatic N) is 1. The Balaban J connectivity index is 1.97. The van der Waals surface area contributed by atoms with E-state index in [1.807, 2.05) is 6.92 Å². The Morgan fingerprint density at radius 1 is 1.52 bits per heavy atom. The number of hydrogen-bond acceptors (Lipinski definition) is 6. The van der Waals surface area contributed by atoms with Gasteiger partial charge in [0, 0.05) is 13.1 Å². The van der Waals surface area contributed by atoms with Gasteiger partial charge in [0.05, 0.1) is 17.9 Å². The number of carbonyl (C=O) groups is 3. The number of piperazine rings is 1. The molecule has 1 atom stereocenters. The number of esters is 1. The number of amides is 2. The van der Waals surface area contributed by atoms with Crippen molar-refractivity contribution in [2.24, 2.45) is 0 Å². The Bertz CT molecular complexity index is 633. The first kappa shape index (κ1) is 19.3. The van der Waals surface area contributed by atoms with Crippen LogP contribution < -0.4 is 10.6 Å². The molecule has 0 aliphatic carbocycles. The zero-order valence-electron chi connectivity index (χ0n) is 13.9. The first-order chi connectivity index (χ1) is 12.0. The molecule has 0 saturated carbocycles. The van der Waals surface area contributed by atoms with E-state index in [9.17, 15) is 14.4 Å². The Hall–Kier alpha value is -2.00. The van der Waals surface area contributed by atoms with Gasteiger partial charge in [0.25, 0.3) is 5.91 Å². The van der Waals surface area contributed by atoms with E-state index in [1.54, 1.807) is 22.4 Å². The standard InChI is InChI=1S/C16H21N3O4S2/c1-2-3-8-23-13(20)10-11-14(21)17-6-7-19(11)16(24)18-15(22)12-5-4-9-25-12/h4-5,9,11H,2-3,6-8,10H2,1H3,(H,17,21)(H,18,22,24)/t11-/m0/s1. The Morgan fingerprint density at radius 2 is 2.32 bits per heavy atom. The summed E-state index contributed by atoms with van der Waals surface area (Å²) in [6.07, 6.45) is 1.59. The van der Waals surface area contributed by atoms with Crippen molar-refractivity contribution in [1.82, 2.24) is 15.5 Å². The van der Waals surface area contributed by atoms with E-state index in [0.717, 1.165) is 12.8 Å². The molecular weight excluding hydrogens is 362 g/mol. The van der Waals surface area contributed by atoms with Crippen LogP contribution in [0.2, 0.25) is 0 Å². The maximum atomic E-state index is 12.2. The Labute approximate surface area is 155 Å². The van der Waals surface area contributed by atoms with Crippen LogP contribution in [0.4, 0.5) is 0 Å². The first-order valence-electron chi connectivity index (χ1n) is 8.11. The topological polar surface area (TPSA) is 87.7 Å². The maximum absolute atomic E-state index is 12.2. The van der Waals surface area contributed by atoms with Crippen LogP contribution in [-0.4, -0.2) is 53.5 Å². The monoisotopic (exact) mass is 383 g/mol. The van der Waals surface area contributed by atoms with E-state index >= 15 is 0 Å². The average molecular weight is 383 g/mol. The predicted octanol–water partition coefficient (Wildman–Crippen LogP) is 1.30. The van der Waals surface area contributed by atoms with Crippen molar-refractivity contribution in [3.05, 3.63) is 22.4 Å². The van der Waals surface area contributed by atoms with Crippen LogP contribution in [-0.2, 0) is 14.3 Å². The van der Waals surface area contributed by atoms with Gasteiger partial charge in [-0.25, -0.2) is 0 Å². The van der Waals surface area contributed by atoms with Crippen LogP contribution in [0.25, 0.3) is 0 Å². The summed E-state index contributed by atoms with van der Waals surface area (Å²) in [5, 5.41) is 7.27. The van der Waals surface area contributed by atoms with Gasteiger partial charge in [0.2, 0.25) is 5.91 Å². The van der Waals surface area contributed by atoms with Gasteiger partial charge in [-0.2, -0.15) is 0 Å². The lowest BCUT2D eigenvalue weighted by atomic mass is 10.1. The highest BCUT2D eigenvalue weighted by Crippen LogP contribution is 2.12. The van der Waals surface area contributed by atoms with Crippen LogP contribution in [0.15, 0.2) is 17.5 Å². The van der Waals surface area contributed by atoms with Crippen molar-refractivity contribution in [2.75, 3.05) is 19.7 Å². The molecule has 0 aromatic carbocycles. The van der Waals surface area contributed by atoms with Crippen LogP contribution >= 0.6 is 23.6 Å². The number of thiophene rings is 1. The molecule has 2 rings (SSSR count). The van der Waals surface area contributed by atoms with E-state index in [0.29, 0.717) is 24.6 Å². The smallest absolute Gasteiger partial charge is 0.308 e. The lowest BCUT2D eigenvalue weighted by Gasteiger charge is -2.36. The van der Waals surface area contributed by atoms with Crippen molar-refractivity contribution in [1.29, 1.82) is 0 Å². The fraction of sp³-hybridized carbons (Fsp3) is 0.500. The number of carbonyl (C=O) groups excluding carboxylic acids is 3. The summed E-state index contributed by atoms with van der Waals surface area (Å²) in [6.45, 7) is 3.15. The third-order valence-corrected chi connectivity index (χ3v) is 4.88. The summed E-state index contributed by atoms with van der Waals surface area (Å²) in [7, 11) is 0. The van der Waals surface area contributed by atoms with Crippen molar-refractivity contribution >= 4 is 46.5 Å². The molecule has 1 aromatic heterocycles. The molecule has 9 heteroatoms. The van der Waals surface area contributed by atoms with Gasteiger partial charge >= 0.3 is 5.97 Å².